The topological polar surface area (TPSA) is 43.8 Å². The number of likely N-dealkylation sites (N-methyl/N-ethyl adjacent to an activating group) is 1. The third kappa shape index (κ3) is 3.59. The van der Waals surface area contributed by atoms with Gasteiger partial charge in [0.2, 0.25) is 0 Å². The molecule has 0 saturated carbocycles. The van der Waals surface area contributed by atoms with Crippen LogP contribution in [0.25, 0.3) is 6.08 Å². The van der Waals surface area contributed by atoms with Crippen LogP contribution >= 0.6 is 24.0 Å². The first-order valence-electron chi connectivity index (χ1n) is 7.87. The van der Waals surface area contributed by atoms with Gasteiger partial charge in [-0.3, -0.25) is 9.69 Å². The van der Waals surface area contributed by atoms with Crippen LogP contribution in [-0.4, -0.2) is 46.0 Å². The Balaban J connectivity index is 1.72. The van der Waals surface area contributed by atoms with Gasteiger partial charge in [0, 0.05) is 25.3 Å². The molecule has 0 atom stereocenters. The summed E-state index contributed by atoms with van der Waals surface area (Å²) in [5.41, 5.74) is 2.16. The van der Waals surface area contributed by atoms with E-state index < -0.39 is 0 Å². The number of carbonyl (C=O) groups excluding carboxylic acids is 1. The number of piperidine rings is 1. The summed E-state index contributed by atoms with van der Waals surface area (Å²) in [5, 5.41) is 9.58. The van der Waals surface area contributed by atoms with E-state index in [0.717, 1.165) is 37.2 Å². The molecule has 0 aromatic heterocycles. The maximum Gasteiger partial charge on any atom is 0.266 e. The van der Waals surface area contributed by atoms with Crippen molar-refractivity contribution < 1.29 is 9.90 Å². The summed E-state index contributed by atoms with van der Waals surface area (Å²) in [6.07, 6.45) is 3.38. The van der Waals surface area contributed by atoms with Gasteiger partial charge in [0.25, 0.3) is 5.91 Å². The van der Waals surface area contributed by atoms with Gasteiger partial charge in [-0.05, 0) is 43.5 Å². The summed E-state index contributed by atoms with van der Waals surface area (Å²) in [5.74, 6) is -0.00315. The first kappa shape index (κ1) is 16.5. The predicted molar refractivity (Wildman–Crippen MR) is 99.4 cm³/mol. The molecule has 1 aromatic carbocycles. The molecule has 0 bridgehead atoms. The fourth-order valence-corrected chi connectivity index (χ4v) is 4.21. The molecular formula is C17H20N2O2S2. The van der Waals surface area contributed by atoms with E-state index in [1.165, 1.54) is 11.8 Å². The maximum atomic E-state index is 12.2. The van der Waals surface area contributed by atoms with E-state index in [9.17, 15) is 9.90 Å². The summed E-state index contributed by atoms with van der Waals surface area (Å²) in [4.78, 5) is 16.8. The van der Waals surface area contributed by atoms with Gasteiger partial charge in [-0.1, -0.05) is 36.1 Å². The van der Waals surface area contributed by atoms with E-state index >= 15 is 0 Å². The standard InChI is InChI=1S/C17H20N2O2S2/c1-2-19-16(21)15(23-17(19)22)11-12-3-5-13(6-4-12)18-9-7-14(20)8-10-18/h3-6,11,14,20H,2,7-10H2,1H3/b15-11-. The molecule has 23 heavy (non-hydrogen) atoms. The van der Waals surface area contributed by atoms with Crippen molar-refractivity contribution in [3.63, 3.8) is 0 Å². The Morgan fingerprint density at radius 3 is 2.52 bits per heavy atom. The van der Waals surface area contributed by atoms with Crippen molar-refractivity contribution >= 4 is 46.0 Å². The number of hydrogen-bond donors (Lipinski definition) is 1. The maximum absolute atomic E-state index is 12.2. The van der Waals surface area contributed by atoms with Crippen molar-refractivity contribution in [3.05, 3.63) is 34.7 Å². The van der Waals surface area contributed by atoms with Crippen LogP contribution in [0.15, 0.2) is 29.2 Å². The number of thiocarbonyl (C=S) groups is 1. The van der Waals surface area contributed by atoms with Crippen LogP contribution in [0.5, 0.6) is 0 Å². The van der Waals surface area contributed by atoms with Crippen LogP contribution in [0.3, 0.4) is 0 Å². The number of carbonyl (C=O) groups is 1. The molecule has 122 valence electrons. The van der Waals surface area contributed by atoms with Gasteiger partial charge in [-0.15, -0.1) is 0 Å². The van der Waals surface area contributed by atoms with Crippen molar-refractivity contribution in [3.8, 4) is 0 Å². The van der Waals surface area contributed by atoms with E-state index in [0.29, 0.717) is 15.8 Å². The molecule has 1 amide bonds. The predicted octanol–water partition coefficient (Wildman–Crippen LogP) is 2.87. The molecule has 0 spiro atoms. The lowest BCUT2D eigenvalue weighted by atomic mass is 10.1. The molecule has 1 aromatic rings. The second-order valence-electron chi connectivity index (χ2n) is 5.74. The highest BCUT2D eigenvalue weighted by Crippen LogP contribution is 2.32. The first-order valence-corrected chi connectivity index (χ1v) is 9.09. The molecular weight excluding hydrogens is 328 g/mol. The average molecular weight is 348 g/mol. The van der Waals surface area contributed by atoms with Crippen molar-refractivity contribution in [2.45, 2.75) is 25.9 Å². The molecule has 0 unspecified atom stereocenters. The van der Waals surface area contributed by atoms with Gasteiger partial charge in [0.05, 0.1) is 11.0 Å². The number of thioether (sulfide) groups is 1. The van der Waals surface area contributed by atoms with Gasteiger partial charge in [-0.2, -0.15) is 0 Å². The van der Waals surface area contributed by atoms with Crippen molar-refractivity contribution in [2.24, 2.45) is 0 Å². The fraction of sp³-hybridized carbons (Fsp3) is 0.412. The third-order valence-electron chi connectivity index (χ3n) is 4.21. The molecule has 6 heteroatoms. The van der Waals surface area contributed by atoms with Gasteiger partial charge in [0.1, 0.15) is 4.32 Å². The monoisotopic (exact) mass is 348 g/mol. The largest absolute Gasteiger partial charge is 0.393 e. The number of nitrogens with zero attached hydrogens (tertiary/aromatic N) is 2. The number of rotatable bonds is 3. The lowest BCUT2D eigenvalue weighted by Gasteiger charge is -2.31. The molecule has 1 N–H and O–H groups in total. The van der Waals surface area contributed by atoms with Gasteiger partial charge >= 0.3 is 0 Å². The minimum Gasteiger partial charge on any atom is -0.393 e. The molecule has 2 fully saturated rings. The van der Waals surface area contributed by atoms with Crippen molar-refractivity contribution in [1.82, 2.24) is 4.90 Å². The van der Waals surface area contributed by atoms with Crippen LogP contribution in [0.1, 0.15) is 25.3 Å². The fourth-order valence-electron chi connectivity index (χ4n) is 2.83. The molecule has 0 radical (unpaired) electrons. The zero-order valence-electron chi connectivity index (χ0n) is 13.1. The Morgan fingerprint density at radius 1 is 1.30 bits per heavy atom. The minimum atomic E-state index is -0.161. The van der Waals surface area contributed by atoms with Crippen molar-refractivity contribution in [2.75, 3.05) is 24.5 Å². The average Bonchev–Trinajstić information content (AvgIpc) is 2.82. The Kier molecular flexibility index (Phi) is 5.04. The summed E-state index contributed by atoms with van der Waals surface area (Å²) in [6.45, 7) is 4.31. The number of hydrogen-bond acceptors (Lipinski definition) is 5. The van der Waals surface area contributed by atoms with Crippen LogP contribution in [0.4, 0.5) is 5.69 Å². The number of aliphatic hydroxyl groups excluding tert-OH is 1. The Hall–Kier alpha value is -1.37. The van der Waals surface area contributed by atoms with E-state index in [-0.39, 0.29) is 12.0 Å². The lowest BCUT2D eigenvalue weighted by Crippen LogP contribution is -2.35. The summed E-state index contributed by atoms with van der Waals surface area (Å²) in [7, 11) is 0. The zero-order valence-corrected chi connectivity index (χ0v) is 14.7. The highest BCUT2D eigenvalue weighted by atomic mass is 32.2. The van der Waals surface area contributed by atoms with Crippen LogP contribution in [0.2, 0.25) is 0 Å². The quantitative estimate of drug-likeness (QED) is 0.672. The highest BCUT2D eigenvalue weighted by molar-refractivity contribution is 8.26. The number of aliphatic hydroxyl groups is 1. The molecule has 0 aliphatic carbocycles. The van der Waals surface area contributed by atoms with E-state index in [2.05, 4.69) is 17.0 Å². The zero-order chi connectivity index (χ0) is 16.4. The van der Waals surface area contributed by atoms with E-state index in [1.807, 2.05) is 25.1 Å². The molecule has 2 aliphatic heterocycles. The van der Waals surface area contributed by atoms with E-state index in [1.54, 1.807) is 4.90 Å². The number of benzene rings is 1. The first-order chi connectivity index (χ1) is 11.1. The number of anilines is 1. The highest BCUT2D eigenvalue weighted by Gasteiger charge is 2.30. The second-order valence-corrected chi connectivity index (χ2v) is 7.41. The van der Waals surface area contributed by atoms with E-state index in [4.69, 9.17) is 12.2 Å². The Morgan fingerprint density at radius 2 is 1.96 bits per heavy atom. The molecule has 2 saturated heterocycles. The summed E-state index contributed by atoms with van der Waals surface area (Å²) >= 11 is 6.59. The van der Waals surface area contributed by atoms with Gasteiger partial charge in [-0.25, -0.2) is 0 Å². The Bertz CT molecular complexity index is 634. The minimum absolute atomic E-state index is 0.00315. The van der Waals surface area contributed by atoms with Gasteiger partial charge < -0.3 is 10.0 Å². The van der Waals surface area contributed by atoms with Crippen LogP contribution in [-0.2, 0) is 4.79 Å². The molecule has 3 rings (SSSR count). The lowest BCUT2D eigenvalue weighted by molar-refractivity contribution is -0.121. The number of amides is 1. The third-order valence-corrected chi connectivity index (χ3v) is 5.59. The second kappa shape index (κ2) is 7.03. The molecule has 2 aliphatic rings. The van der Waals surface area contributed by atoms with Gasteiger partial charge in [0.15, 0.2) is 0 Å². The normalized spacial score (nSPS) is 21.6. The van der Waals surface area contributed by atoms with Crippen LogP contribution in [0, 0.1) is 0 Å². The van der Waals surface area contributed by atoms with Crippen LogP contribution < -0.4 is 4.90 Å². The SMILES string of the molecule is CCN1C(=O)/C(=C/c2ccc(N3CCC(O)CC3)cc2)SC1=S. The smallest absolute Gasteiger partial charge is 0.266 e. The summed E-state index contributed by atoms with van der Waals surface area (Å²) < 4.78 is 0.632. The molecule has 4 nitrogen and oxygen atoms in total. The Labute approximate surface area is 146 Å². The molecule has 2 heterocycles. The summed E-state index contributed by atoms with van der Waals surface area (Å²) in [6, 6.07) is 8.20. The van der Waals surface area contributed by atoms with Crippen molar-refractivity contribution in [1.29, 1.82) is 0 Å².